The van der Waals surface area contributed by atoms with E-state index >= 15 is 0 Å². The molecule has 4 atom stereocenters. The Morgan fingerprint density at radius 2 is 1.93 bits per heavy atom. The summed E-state index contributed by atoms with van der Waals surface area (Å²) >= 11 is 0. The van der Waals surface area contributed by atoms with Gasteiger partial charge < -0.3 is 13.9 Å². The van der Waals surface area contributed by atoms with Gasteiger partial charge in [-0.05, 0) is 51.3 Å². The van der Waals surface area contributed by atoms with Crippen LogP contribution in [0, 0.1) is 12.8 Å². The van der Waals surface area contributed by atoms with Crippen molar-refractivity contribution in [2.45, 2.75) is 58.7 Å². The van der Waals surface area contributed by atoms with Gasteiger partial charge in [0.25, 0.3) is 0 Å². The van der Waals surface area contributed by atoms with Crippen molar-refractivity contribution in [3.63, 3.8) is 0 Å². The van der Waals surface area contributed by atoms with Gasteiger partial charge in [-0.3, -0.25) is 4.79 Å². The van der Waals surface area contributed by atoms with Crippen LogP contribution >= 0.6 is 0 Å². The molecule has 2 aliphatic rings. The number of esters is 2. The van der Waals surface area contributed by atoms with E-state index in [2.05, 4.69) is 13.2 Å². The van der Waals surface area contributed by atoms with Crippen molar-refractivity contribution in [1.29, 1.82) is 0 Å². The van der Waals surface area contributed by atoms with Gasteiger partial charge in [0.15, 0.2) is 6.10 Å². The van der Waals surface area contributed by atoms with Crippen LogP contribution in [0.25, 0.3) is 0 Å². The molecule has 1 aromatic rings. The third kappa shape index (κ3) is 3.64. The number of rotatable bonds is 3. The Hall–Kier alpha value is -2.56. The predicted octanol–water partition coefficient (Wildman–Crippen LogP) is 4.69. The Morgan fingerprint density at radius 3 is 2.52 bits per heavy atom. The number of hydrogen-bond acceptors (Lipinski definition) is 5. The van der Waals surface area contributed by atoms with Crippen LogP contribution in [0.3, 0.4) is 0 Å². The Balaban J connectivity index is 2.17. The van der Waals surface area contributed by atoms with Crippen LogP contribution in [0.5, 0.6) is 0 Å². The molecule has 144 valence electrons. The minimum Gasteiger partial charge on any atom is -0.461 e. The average molecular weight is 370 g/mol. The first-order valence-corrected chi connectivity index (χ1v) is 9.19. The maximum atomic E-state index is 12.3. The van der Waals surface area contributed by atoms with Gasteiger partial charge in [0.1, 0.15) is 17.6 Å². The van der Waals surface area contributed by atoms with E-state index < -0.39 is 12.2 Å². The monoisotopic (exact) mass is 370 g/mol. The lowest BCUT2D eigenvalue weighted by atomic mass is 9.86. The van der Waals surface area contributed by atoms with Crippen LogP contribution in [0.1, 0.15) is 62.7 Å². The highest BCUT2D eigenvalue weighted by molar-refractivity contribution is 5.91. The highest BCUT2D eigenvalue weighted by Gasteiger charge is 2.39. The molecule has 0 aliphatic carbocycles. The molecule has 0 radical (unpaired) electrons. The number of hydrogen-bond donors (Lipinski definition) is 0. The van der Waals surface area contributed by atoms with E-state index in [4.69, 9.17) is 13.9 Å². The number of carbonyl (C=O) groups excluding carboxylic acids is 2. The molecule has 0 aromatic carbocycles. The molecule has 4 bridgehead atoms. The zero-order valence-corrected chi connectivity index (χ0v) is 16.3. The molecule has 2 aliphatic heterocycles. The lowest BCUT2D eigenvalue weighted by Gasteiger charge is -2.27. The first-order valence-electron chi connectivity index (χ1n) is 9.19. The lowest BCUT2D eigenvalue weighted by Crippen LogP contribution is -2.21. The highest BCUT2D eigenvalue weighted by Crippen LogP contribution is 2.43. The van der Waals surface area contributed by atoms with Gasteiger partial charge in [0.2, 0.25) is 0 Å². The van der Waals surface area contributed by atoms with Gasteiger partial charge in [-0.1, -0.05) is 24.3 Å². The number of furan rings is 1. The van der Waals surface area contributed by atoms with Crippen molar-refractivity contribution in [2.75, 3.05) is 0 Å². The molecule has 5 heteroatoms. The standard InChI is InChI=1S/C22H26O5/c1-11(2)16-8-7-15-10-18(27-22(15)24)19(12(3)4)17-9-13(5)20(26-17)21(16)25-14(6)23/h9-10,16,18-19,21H,1,3,7-8H2,2,4-6H3/t16-,18+,19-,21-/m0/s1. The molecule has 3 heterocycles. The zero-order chi connectivity index (χ0) is 19.9. The van der Waals surface area contributed by atoms with Gasteiger partial charge in [0.05, 0.1) is 5.92 Å². The summed E-state index contributed by atoms with van der Waals surface area (Å²) in [6.45, 7) is 15.3. The van der Waals surface area contributed by atoms with Crippen LogP contribution in [0.2, 0.25) is 0 Å². The molecule has 0 saturated carbocycles. The summed E-state index contributed by atoms with van der Waals surface area (Å²) in [4.78, 5) is 24.1. The second-order valence-electron chi connectivity index (χ2n) is 7.60. The molecule has 0 amide bonds. The van der Waals surface area contributed by atoms with Gasteiger partial charge in [-0.15, -0.1) is 0 Å². The zero-order valence-electron chi connectivity index (χ0n) is 16.3. The normalized spacial score (nSPS) is 27.3. The van der Waals surface area contributed by atoms with Crippen LogP contribution in [0.4, 0.5) is 0 Å². The van der Waals surface area contributed by atoms with Crippen molar-refractivity contribution in [1.82, 2.24) is 0 Å². The summed E-state index contributed by atoms with van der Waals surface area (Å²) in [6.07, 6.45) is 2.00. The third-order valence-electron chi connectivity index (χ3n) is 5.29. The van der Waals surface area contributed by atoms with E-state index in [0.717, 1.165) is 16.7 Å². The van der Waals surface area contributed by atoms with Crippen molar-refractivity contribution in [3.8, 4) is 0 Å². The summed E-state index contributed by atoms with van der Waals surface area (Å²) in [7, 11) is 0. The maximum Gasteiger partial charge on any atom is 0.334 e. The smallest absolute Gasteiger partial charge is 0.334 e. The molecule has 27 heavy (non-hydrogen) atoms. The first-order chi connectivity index (χ1) is 12.7. The molecular weight excluding hydrogens is 344 g/mol. The Kier molecular flexibility index (Phi) is 5.13. The molecule has 3 rings (SSSR count). The Labute approximate surface area is 159 Å². The van der Waals surface area contributed by atoms with Crippen molar-refractivity contribution < 1.29 is 23.5 Å². The molecular formula is C22H26O5. The number of fused-ring (bicyclic) bond motifs is 3. The van der Waals surface area contributed by atoms with E-state index in [0.29, 0.717) is 29.9 Å². The van der Waals surface area contributed by atoms with Gasteiger partial charge in [-0.25, -0.2) is 4.79 Å². The van der Waals surface area contributed by atoms with Crippen molar-refractivity contribution in [3.05, 3.63) is 59.1 Å². The SMILES string of the molecule is C=C(C)[C@@H]1CCC2=C[C@@H](OC2=O)[C@@H](C(=C)C)c2cc(C)c(o2)[C@H]1OC(C)=O. The van der Waals surface area contributed by atoms with Crippen LogP contribution in [0.15, 0.2) is 46.4 Å². The van der Waals surface area contributed by atoms with Crippen molar-refractivity contribution >= 4 is 11.9 Å². The molecule has 0 fully saturated rings. The van der Waals surface area contributed by atoms with E-state index in [-0.39, 0.29) is 23.8 Å². The molecule has 0 saturated heterocycles. The first kappa shape index (κ1) is 19.2. The van der Waals surface area contributed by atoms with E-state index in [1.807, 2.05) is 32.9 Å². The lowest BCUT2D eigenvalue weighted by molar-refractivity contribution is -0.150. The number of ether oxygens (including phenoxy) is 2. The minimum absolute atomic E-state index is 0.166. The van der Waals surface area contributed by atoms with Gasteiger partial charge >= 0.3 is 11.9 Å². The van der Waals surface area contributed by atoms with Gasteiger partial charge in [-0.2, -0.15) is 0 Å². The average Bonchev–Trinajstić information content (AvgIpc) is 3.07. The molecule has 1 aromatic heterocycles. The Morgan fingerprint density at radius 1 is 1.22 bits per heavy atom. The maximum absolute atomic E-state index is 12.3. The molecule has 0 N–H and O–H groups in total. The highest BCUT2D eigenvalue weighted by atomic mass is 16.6. The number of carbonyl (C=O) groups is 2. The second kappa shape index (κ2) is 7.22. The summed E-state index contributed by atoms with van der Waals surface area (Å²) in [5, 5.41) is 0. The largest absolute Gasteiger partial charge is 0.461 e. The molecule has 0 unspecified atom stereocenters. The fourth-order valence-corrected chi connectivity index (χ4v) is 3.96. The molecule has 0 spiro atoms. The van der Waals surface area contributed by atoms with Crippen molar-refractivity contribution in [2.24, 2.45) is 5.92 Å². The Bertz CT molecular complexity index is 841. The second-order valence-corrected chi connectivity index (χ2v) is 7.60. The summed E-state index contributed by atoms with van der Waals surface area (Å²) in [5.74, 6) is 0.146. The summed E-state index contributed by atoms with van der Waals surface area (Å²) < 4.78 is 17.5. The summed E-state index contributed by atoms with van der Waals surface area (Å²) in [6, 6.07) is 1.92. The molecule has 5 nitrogen and oxygen atoms in total. The van der Waals surface area contributed by atoms with E-state index in [1.165, 1.54) is 6.92 Å². The minimum atomic E-state index is -0.576. The van der Waals surface area contributed by atoms with Crippen LogP contribution in [-0.2, 0) is 19.1 Å². The fourth-order valence-electron chi connectivity index (χ4n) is 3.96. The number of aryl methyl sites for hydroxylation is 1. The van der Waals surface area contributed by atoms with E-state index in [9.17, 15) is 9.59 Å². The van der Waals surface area contributed by atoms with Gasteiger partial charge in [0, 0.05) is 18.4 Å². The van der Waals surface area contributed by atoms with Crippen LogP contribution < -0.4 is 0 Å². The predicted molar refractivity (Wildman–Crippen MR) is 101 cm³/mol. The summed E-state index contributed by atoms with van der Waals surface area (Å²) in [5.41, 5.74) is 3.24. The quantitative estimate of drug-likeness (QED) is 0.570. The van der Waals surface area contributed by atoms with E-state index in [1.54, 1.807) is 0 Å². The van der Waals surface area contributed by atoms with Crippen LogP contribution in [-0.4, -0.2) is 18.0 Å². The topological polar surface area (TPSA) is 65.7 Å². The third-order valence-corrected chi connectivity index (χ3v) is 5.29. The fraction of sp³-hybridized carbons (Fsp3) is 0.455.